The fourth-order valence-electron chi connectivity index (χ4n) is 2.25. The lowest BCUT2D eigenvalue weighted by Crippen LogP contribution is -2.24. The van der Waals surface area contributed by atoms with E-state index < -0.39 is 5.60 Å². The van der Waals surface area contributed by atoms with Gasteiger partial charge in [-0.25, -0.2) is 4.98 Å². The van der Waals surface area contributed by atoms with E-state index in [4.69, 9.17) is 4.74 Å². The molecule has 1 unspecified atom stereocenters. The summed E-state index contributed by atoms with van der Waals surface area (Å²) in [4.78, 5) is 28.9. The number of nitrogens with zero attached hydrogens (tertiary/aromatic N) is 1. The third-order valence-corrected chi connectivity index (χ3v) is 4.10. The molecule has 19 heavy (non-hydrogen) atoms. The van der Waals surface area contributed by atoms with Crippen molar-refractivity contribution in [2.45, 2.75) is 58.5 Å². The molecule has 4 nitrogen and oxygen atoms in total. The summed E-state index contributed by atoms with van der Waals surface area (Å²) in [5, 5.41) is 0.755. The van der Waals surface area contributed by atoms with Crippen LogP contribution >= 0.6 is 11.3 Å². The fourth-order valence-corrected chi connectivity index (χ4v) is 3.38. The highest BCUT2D eigenvalue weighted by molar-refractivity contribution is 7.11. The van der Waals surface area contributed by atoms with E-state index in [0.29, 0.717) is 0 Å². The summed E-state index contributed by atoms with van der Waals surface area (Å²) in [5.74, 6) is -0.175. The van der Waals surface area contributed by atoms with Gasteiger partial charge in [0.25, 0.3) is 0 Å². The van der Waals surface area contributed by atoms with Gasteiger partial charge in [0.1, 0.15) is 16.4 Å². The van der Waals surface area contributed by atoms with Gasteiger partial charge in [-0.15, -0.1) is 11.3 Å². The molecule has 1 aromatic heterocycles. The van der Waals surface area contributed by atoms with E-state index in [-0.39, 0.29) is 24.1 Å². The van der Waals surface area contributed by atoms with Crippen LogP contribution in [-0.2, 0) is 27.2 Å². The van der Waals surface area contributed by atoms with Crippen LogP contribution in [0.25, 0.3) is 0 Å². The van der Waals surface area contributed by atoms with Gasteiger partial charge in [0.2, 0.25) is 0 Å². The van der Waals surface area contributed by atoms with E-state index in [0.717, 1.165) is 28.4 Å². The number of carbonyl (C=O) groups excluding carboxylic acids is 2. The molecule has 1 aliphatic rings. The molecular weight excluding hydrogens is 262 g/mol. The molecule has 0 amide bonds. The third-order valence-electron chi connectivity index (χ3n) is 2.97. The summed E-state index contributed by atoms with van der Waals surface area (Å²) < 4.78 is 5.28. The zero-order valence-electron chi connectivity index (χ0n) is 11.8. The SMILES string of the molecule is CC(=O)C1CCc2sc(CC(=O)OC(C)(C)C)nc21. The molecule has 0 spiro atoms. The molecular formula is C14H19NO3S. The van der Waals surface area contributed by atoms with E-state index >= 15 is 0 Å². The van der Waals surface area contributed by atoms with Crippen LogP contribution in [0, 0.1) is 0 Å². The van der Waals surface area contributed by atoms with Gasteiger partial charge in [-0.1, -0.05) is 0 Å². The Morgan fingerprint density at radius 2 is 2.11 bits per heavy atom. The second kappa shape index (κ2) is 5.04. The molecule has 0 fully saturated rings. The van der Waals surface area contributed by atoms with E-state index in [1.165, 1.54) is 11.3 Å². The Morgan fingerprint density at radius 1 is 1.42 bits per heavy atom. The van der Waals surface area contributed by atoms with Crippen molar-refractivity contribution in [3.63, 3.8) is 0 Å². The Morgan fingerprint density at radius 3 is 2.68 bits per heavy atom. The summed E-state index contributed by atoms with van der Waals surface area (Å²) in [7, 11) is 0. The Kier molecular flexibility index (Phi) is 3.76. The number of hydrogen-bond donors (Lipinski definition) is 0. The predicted octanol–water partition coefficient (Wildman–Crippen LogP) is 2.65. The second-order valence-electron chi connectivity index (χ2n) is 5.88. The van der Waals surface area contributed by atoms with Crippen LogP contribution in [-0.4, -0.2) is 22.3 Å². The smallest absolute Gasteiger partial charge is 0.313 e. The number of carbonyl (C=O) groups is 2. The lowest BCUT2D eigenvalue weighted by Gasteiger charge is -2.18. The minimum atomic E-state index is -0.473. The first-order valence-electron chi connectivity index (χ1n) is 6.47. The van der Waals surface area contributed by atoms with Gasteiger partial charge in [0, 0.05) is 4.88 Å². The largest absolute Gasteiger partial charge is 0.460 e. The standard InChI is InChI=1S/C14H19NO3S/c1-8(16)9-5-6-10-13(9)15-11(19-10)7-12(17)18-14(2,3)4/h9H,5-7H2,1-4H3. The van der Waals surface area contributed by atoms with Crippen molar-refractivity contribution in [2.75, 3.05) is 0 Å². The van der Waals surface area contributed by atoms with Crippen molar-refractivity contribution in [3.8, 4) is 0 Å². The molecule has 1 heterocycles. The molecule has 0 aliphatic heterocycles. The minimum absolute atomic E-state index is 0.0707. The summed E-state index contributed by atoms with van der Waals surface area (Å²) >= 11 is 1.53. The highest BCUT2D eigenvalue weighted by atomic mass is 32.1. The number of aromatic nitrogens is 1. The summed E-state index contributed by atoms with van der Waals surface area (Å²) in [6.45, 7) is 7.14. The fraction of sp³-hybridized carbons (Fsp3) is 0.643. The highest BCUT2D eigenvalue weighted by Gasteiger charge is 2.30. The maximum atomic E-state index is 11.7. The predicted molar refractivity (Wildman–Crippen MR) is 73.4 cm³/mol. The zero-order chi connectivity index (χ0) is 14.2. The molecule has 0 saturated heterocycles. The molecule has 1 atom stereocenters. The highest BCUT2D eigenvalue weighted by Crippen LogP contribution is 2.37. The first kappa shape index (κ1) is 14.2. The topological polar surface area (TPSA) is 56.3 Å². The van der Waals surface area contributed by atoms with Gasteiger partial charge in [-0.2, -0.15) is 0 Å². The second-order valence-corrected chi connectivity index (χ2v) is 7.05. The average molecular weight is 281 g/mol. The normalized spacial score (nSPS) is 18.2. The molecule has 1 aliphatic carbocycles. The van der Waals surface area contributed by atoms with Crippen LogP contribution in [0.15, 0.2) is 0 Å². The average Bonchev–Trinajstić information content (AvgIpc) is 2.71. The number of rotatable bonds is 3. The lowest BCUT2D eigenvalue weighted by molar-refractivity contribution is -0.153. The van der Waals surface area contributed by atoms with Crippen LogP contribution in [0.4, 0.5) is 0 Å². The van der Waals surface area contributed by atoms with E-state index in [1.54, 1.807) is 6.92 Å². The molecule has 0 aromatic carbocycles. The van der Waals surface area contributed by atoms with Crippen LogP contribution in [0.1, 0.15) is 55.6 Å². The number of ether oxygens (including phenoxy) is 1. The Bertz CT molecular complexity index is 513. The molecule has 0 bridgehead atoms. The van der Waals surface area contributed by atoms with Gasteiger partial charge in [-0.3, -0.25) is 9.59 Å². The molecule has 0 radical (unpaired) electrons. The van der Waals surface area contributed by atoms with Gasteiger partial charge in [0.05, 0.1) is 18.0 Å². The molecule has 1 aromatic rings. The quantitative estimate of drug-likeness (QED) is 0.799. The Balaban J connectivity index is 2.07. The van der Waals surface area contributed by atoms with Crippen molar-refractivity contribution in [2.24, 2.45) is 0 Å². The maximum absolute atomic E-state index is 11.7. The first-order valence-corrected chi connectivity index (χ1v) is 7.28. The maximum Gasteiger partial charge on any atom is 0.313 e. The number of fused-ring (bicyclic) bond motifs is 1. The van der Waals surface area contributed by atoms with Gasteiger partial charge < -0.3 is 4.74 Å². The lowest BCUT2D eigenvalue weighted by atomic mass is 10.0. The van der Waals surface area contributed by atoms with Crippen LogP contribution < -0.4 is 0 Å². The summed E-state index contributed by atoms with van der Waals surface area (Å²) in [6, 6.07) is 0. The van der Waals surface area contributed by atoms with Crippen molar-refractivity contribution < 1.29 is 14.3 Å². The van der Waals surface area contributed by atoms with E-state index in [2.05, 4.69) is 4.98 Å². The van der Waals surface area contributed by atoms with Crippen molar-refractivity contribution in [3.05, 3.63) is 15.6 Å². The van der Waals surface area contributed by atoms with Crippen LogP contribution in [0.3, 0.4) is 0 Å². The van der Waals surface area contributed by atoms with E-state index in [1.807, 2.05) is 20.8 Å². The van der Waals surface area contributed by atoms with E-state index in [9.17, 15) is 9.59 Å². The molecule has 2 rings (SSSR count). The van der Waals surface area contributed by atoms with Crippen molar-refractivity contribution in [1.82, 2.24) is 4.98 Å². The molecule has 104 valence electrons. The summed E-state index contributed by atoms with van der Waals surface area (Å²) in [6.07, 6.45) is 1.95. The van der Waals surface area contributed by atoms with Crippen LogP contribution in [0.2, 0.25) is 0 Å². The van der Waals surface area contributed by atoms with Gasteiger partial charge in [-0.05, 0) is 40.5 Å². The number of esters is 1. The van der Waals surface area contributed by atoms with Gasteiger partial charge in [0.15, 0.2) is 0 Å². The third kappa shape index (κ3) is 3.41. The molecule has 0 saturated carbocycles. The summed E-state index contributed by atoms with van der Waals surface area (Å²) in [5.41, 5.74) is 0.412. The zero-order valence-corrected chi connectivity index (χ0v) is 12.6. The number of thiazole rings is 1. The first-order chi connectivity index (χ1) is 8.76. The van der Waals surface area contributed by atoms with Crippen molar-refractivity contribution >= 4 is 23.1 Å². The number of hydrogen-bond acceptors (Lipinski definition) is 5. The molecule has 0 N–H and O–H groups in total. The molecule has 5 heteroatoms. The number of Topliss-reactive ketones (excluding diaryl/α,β-unsaturated/α-hetero) is 1. The van der Waals surface area contributed by atoms with Gasteiger partial charge >= 0.3 is 5.97 Å². The number of aryl methyl sites for hydroxylation is 1. The monoisotopic (exact) mass is 281 g/mol. The number of ketones is 1. The van der Waals surface area contributed by atoms with Crippen LogP contribution in [0.5, 0.6) is 0 Å². The Hall–Kier alpha value is -1.23. The minimum Gasteiger partial charge on any atom is -0.460 e. The Labute approximate surface area is 117 Å². The van der Waals surface area contributed by atoms with Crippen molar-refractivity contribution in [1.29, 1.82) is 0 Å².